The molecule has 0 radical (unpaired) electrons. The van der Waals surface area contributed by atoms with E-state index >= 15 is 0 Å². The van der Waals surface area contributed by atoms with Gasteiger partial charge in [-0.3, -0.25) is 14.4 Å². The summed E-state index contributed by atoms with van der Waals surface area (Å²) in [6, 6.07) is 5.37. The Morgan fingerprint density at radius 3 is 2.73 bits per heavy atom. The molecule has 0 aromatic heterocycles. The number of nitrogens with zero attached hydrogens (tertiary/aromatic N) is 1. The lowest BCUT2D eigenvalue weighted by atomic mass is 9.92. The molecule has 1 aromatic rings. The Kier molecular flexibility index (Phi) is 5.55. The average Bonchev–Trinajstić information content (AvgIpc) is 2.43. The van der Waals surface area contributed by atoms with Crippen LogP contribution in [0.3, 0.4) is 0 Å². The Morgan fingerprint density at radius 1 is 1.36 bits per heavy atom. The van der Waals surface area contributed by atoms with Gasteiger partial charge in [-0.25, -0.2) is 0 Å². The van der Waals surface area contributed by atoms with Gasteiger partial charge in [0.15, 0.2) is 5.78 Å². The van der Waals surface area contributed by atoms with Crippen LogP contribution in [0.4, 0.5) is 5.69 Å². The fraction of sp³-hybridized carbons (Fsp3) is 0.438. The zero-order valence-corrected chi connectivity index (χ0v) is 14.8. The molecule has 0 spiro atoms. The lowest BCUT2D eigenvalue weighted by Crippen LogP contribution is -2.44. The summed E-state index contributed by atoms with van der Waals surface area (Å²) in [7, 11) is 0. The summed E-state index contributed by atoms with van der Waals surface area (Å²) < 4.78 is 5.89. The highest BCUT2D eigenvalue weighted by atomic mass is 127. The van der Waals surface area contributed by atoms with Gasteiger partial charge < -0.3 is 9.64 Å². The summed E-state index contributed by atoms with van der Waals surface area (Å²) in [4.78, 5) is 36.8. The number of ether oxygens (including phenoxy) is 1. The Morgan fingerprint density at radius 2 is 2.09 bits per heavy atom. The van der Waals surface area contributed by atoms with Gasteiger partial charge in [0.1, 0.15) is 0 Å². The van der Waals surface area contributed by atoms with Gasteiger partial charge in [0.2, 0.25) is 5.91 Å². The molecule has 2 rings (SSSR count). The highest BCUT2D eigenvalue weighted by Gasteiger charge is 2.33. The molecule has 6 heteroatoms. The van der Waals surface area contributed by atoms with Gasteiger partial charge in [0, 0.05) is 35.4 Å². The Labute approximate surface area is 143 Å². The molecule has 22 heavy (non-hydrogen) atoms. The molecule has 0 aliphatic carbocycles. The number of carbonyl (C=O) groups is 3. The van der Waals surface area contributed by atoms with Gasteiger partial charge in [-0.1, -0.05) is 0 Å². The molecule has 0 fully saturated rings. The first-order valence-electron chi connectivity index (χ1n) is 7.16. The molecule has 0 saturated heterocycles. The molecule has 5 nitrogen and oxygen atoms in total. The first-order valence-corrected chi connectivity index (χ1v) is 8.24. The maximum Gasteiger partial charge on any atom is 0.302 e. The van der Waals surface area contributed by atoms with Crippen LogP contribution in [-0.4, -0.2) is 30.3 Å². The molecular weight excluding hydrogens is 397 g/mol. The zero-order valence-electron chi connectivity index (χ0n) is 12.6. The van der Waals surface area contributed by atoms with Crippen molar-refractivity contribution in [2.45, 2.75) is 39.2 Å². The quantitative estimate of drug-likeness (QED) is 0.431. The van der Waals surface area contributed by atoms with E-state index in [2.05, 4.69) is 22.6 Å². The largest absolute Gasteiger partial charge is 0.466 e. The molecule has 1 aliphatic rings. The summed E-state index contributed by atoms with van der Waals surface area (Å²) in [5.74, 6) is -0.334. The van der Waals surface area contributed by atoms with E-state index in [1.54, 1.807) is 4.90 Å². The SMILES string of the molecule is CC(=O)OCCCC1CC(=O)c2cc(I)ccc2N1C(C)=O. The molecule has 1 unspecified atom stereocenters. The van der Waals surface area contributed by atoms with Crippen molar-refractivity contribution in [1.29, 1.82) is 0 Å². The topological polar surface area (TPSA) is 63.7 Å². The van der Waals surface area contributed by atoms with Gasteiger partial charge in [0.05, 0.1) is 12.3 Å². The van der Waals surface area contributed by atoms with Crippen molar-refractivity contribution in [2.24, 2.45) is 0 Å². The minimum absolute atomic E-state index is 0.0588. The van der Waals surface area contributed by atoms with E-state index in [-0.39, 0.29) is 23.7 Å². The summed E-state index contributed by atoms with van der Waals surface area (Å²) in [6.45, 7) is 3.19. The molecule has 118 valence electrons. The number of halogens is 1. The summed E-state index contributed by atoms with van der Waals surface area (Å²) in [5, 5.41) is 0. The zero-order chi connectivity index (χ0) is 16.3. The lowest BCUT2D eigenvalue weighted by Gasteiger charge is -2.36. The van der Waals surface area contributed by atoms with Crippen LogP contribution in [0, 0.1) is 3.57 Å². The molecule has 1 amide bonds. The fourth-order valence-corrected chi connectivity index (χ4v) is 3.24. The number of esters is 1. The number of rotatable bonds is 4. The van der Waals surface area contributed by atoms with Crippen LogP contribution in [-0.2, 0) is 14.3 Å². The summed E-state index contributed by atoms with van der Waals surface area (Å²) in [5.41, 5.74) is 1.29. The third-order valence-corrected chi connectivity index (χ3v) is 4.30. The van der Waals surface area contributed by atoms with E-state index in [1.165, 1.54) is 13.8 Å². The number of benzene rings is 1. The Hall–Kier alpha value is -1.44. The molecule has 0 saturated carbocycles. The van der Waals surface area contributed by atoms with E-state index in [9.17, 15) is 14.4 Å². The summed E-state index contributed by atoms with van der Waals surface area (Å²) >= 11 is 2.16. The lowest BCUT2D eigenvalue weighted by molar-refractivity contribution is -0.141. The van der Waals surface area contributed by atoms with E-state index in [0.29, 0.717) is 37.1 Å². The number of ketones is 1. The predicted octanol–water partition coefficient (Wildman–Crippen LogP) is 2.94. The second kappa shape index (κ2) is 7.21. The third-order valence-electron chi connectivity index (χ3n) is 3.63. The fourth-order valence-electron chi connectivity index (χ4n) is 2.75. The first-order chi connectivity index (χ1) is 10.4. The van der Waals surface area contributed by atoms with Gasteiger partial charge in [-0.2, -0.15) is 0 Å². The van der Waals surface area contributed by atoms with E-state index in [1.807, 2.05) is 18.2 Å². The van der Waals surface area contributed by atoms with Crippen molar-refractivity contribution < 1.29 is 19.1 Å². The van der Waals surface area contributed by atoms with Crippen molar-refractivity contribution in [3.05, 3.63) is 27.3 Å². The Bertz CT molecular complexity index is 614. The van der Waals surface area contributed by atoms with Gasteiger partial charge in [-0.05, 0) is 53.6 Å². The normalized spacial score (nSPS) is 17.1. The van der Waals surface area contributed by atoms with Crippen LogP contribution in [0.2, 0.25) is 0 Å². The van der Waals surface area contributed by atoms with Crippen LogP contribution in [0.5, 0.6) is 0 Å². The van der Waals surface area contributed by atoms with Crippen molar-refractivity contribution in [1.82, 2.24) is 0 Å². The highest BCUT2D eigenvalue weighted by molar-refractivity contribution is 14.1. The van der Waals surface area contributed by atoms with Crippen LogP contribution in [0.15, 0.2) is 18.2 Å². The molecule has 0 N–H and O–H groups in total. The molecule has 0 bridgehead atoms. The third kappa shape index (κ3) is 3.85. The van der Waals surface area contributed by atoms with E-state index < -0.39 is 0 Å². The molecular formula is C16H18INO4. The van der Waals surface area contributed by atoms with Crippen LogP contribution in [0.25, 0.3) is 0 Å². The van der Waals surface area contributed by atoms with Crippen LogP contribution < -0.4 is 4.90 Å². The number of hydrogen-bond acceptors (Lipinski definition) is 4. The second-order valence-electron chi connectivity index (χ2n) is 5.31. The van der Waals surface area contributed by atoms with Gasteiger partial charge in [-0.15, -0.1) is 0 Å². The van der Waals surface area contributed by atoms with Crippen molar-refractivity contribution in [2.75, 3.05) is 11.5 Å². The highest BCUT2D eigenvalue weighted by Crippen LogP contribution is 2.33. The number of carbonyl (C=O) groups excluding carboxylic acids is 3. The summed E-state index contributed by atoms with van der Waals surface area (Å²) in [6.07, 6.45) is 1.57. The molecule has 1 heterocycles. The van der Waals surface area contributed by atoms with Crippen molar-refractivity contribution in [3.8, 4) is 0 Å². The number of fused-ring (bicyclic) bond motifs is 1. The van der Waals surface area contributed by atoms with E-state index in [0.717, 1.165) is 3.57 Å². The average molecular weight is 415 g/mol. The number of anilines is 1. The first kappa shape index (κ1) is 16.9. The smallest absolute Gasteiger partial charge is 0.302 e. The minimum atomic E-state index is -0.317. The molecule has 1 aliphatic heterocycles. The van der Waals surface area contributed by atoms with Crippen LogP contribution in [0.1, 0.15) is 43.5 Å². The predicted molar refractivity (Wildman–Crippen MR) is 90.9 cm³/mol. The molecule has 1 aromatic carbocycles. The maximum absolute atomic E-state index is 12.3. The van der Waals surface area contributed by atoms with Crippen molar-refractivity contribution >= 4 is 45.9 Å². The number of Topliss-reactive ketones (excluding diaryl/α,β-unsaturated/α-hetero) is 1. The number of amides is 1. The standard InChI is InChI=1S/C16H18INO4/c1-10(19)18-13(4-3-7-22-11(2)20)9-16(21)14-8-12(17)5-6-15(14)18/h5-6,8,13H,3-4,7,9H2,1-2H3. The number of hydrogen-bond donors (Lipinski definition) is 0. The van der Waals surface area contributed by atoms with Gasteiger partial charge >= 0.3 is 5.97 Å². The Balaban J connectivity index is 2.18. The van der Waals surface area contributed by atoms with Gasteiger partial charge in [0.25, 0.3) is 0 Å². The monoisotopic (exact) mass is 415 g/mol. The van der Waals surface area contributed by atoms with E-state index in [4.69, 9.17) is 4.74 Å². The van der Waals surface area contributed by atoms with Crippen LogP contribution >= 0.6 is 22.6 Å². The maximum atomic E-state index is 12.3. The molecule has 1 atom stereocenters. The van der Waals surface area contributed by atoms with Crippen molar-refractivity contribution in [3.63, 3.8) is 0 Å². The minimum Gasteiger partial charge on any atom is -0.466 e. The second-order valence-corrected chi connectivity index (χ2v) is 6.56.